The molecule has 1 aliphatic rings. The Morgan fingerprint density at radius 3 is 2.58 bits per heavy atom. The van der Waals surface area contributed by atoms with E-state index in [1.165, 1.54) is 0 Å². The first-order valence-electron chi connectivity index (χ1n) is 8.39. The van der Waals surface area contributed by atoms with Gasteiger partial charge in [-0.3, -0.25) is 9.59 Å². The summed E-state index contributed by atoms with van der Waals surface area (Å²) in [6.07, 6.45) is 0.500. The lowest BCUT2D eigenvalue weighted by Crippen LogP contribution is -2.29. The molecule has 0 spiro atoms. The van der Waals surface area contributed by atoms with Crippen molar-refractivity contribution in [1.29, 1.82) is 0 Å². The molecule has 1 unspecified atom stereocenters. The number of nitrogens with one attached hydrogen (secondary N) is 1. The predicted octanol–water partition coefficient (Wildman–Crippen LogP) is 4.21. The zero-order valence-corrected chi connectivity index (χ0v) is 16.1. The summed E-state index contributed by atoms with van der Waals surface area (Å²) in [6.45, 7) is 4.09. The van der Waals surface area contributed by atoms with Crippen molar-refractivity contribution in [2.24, 2.45) is 0 Å². The van der Waals surface area contributed by atoms with Crippen LogP contribution in [0.25, 0.3) is 0 Å². The van der Waals surface area contributed by atoms with Gasteiger partial charge < -0.3 is 10.1 Å². The summed E-state index contributed by atoms with van der Waals surface area (Å²) in [5.41, 5.74) is 1.45. The van der Waals surface area contributed by atoms with Crippen molar-refractivity contribution in [3.8, 4) is 5.75 Å². The average Bonchev–Trinajstić information content (AvgIpc) is 2.90. The number of hydrogen-bond acceptors (Lipinski definition) is 3. The number of Topliss-reactive ketones (excluding diaryl/α,β-unsaturated/α-hetero) is 1. The number of carbonyl (C=O) groups is 2. The van der Waals surface area contributed by atoms with E-state index in [0.717, 1.165) is 11.1 Å². The van der Waals surface area contributed by atoms with E-state index in [2.05, 4.69) is 5.32 Å². The summed E-state index contributed by atoms with van der Waals surface area (Å²) in [7, 11) is 0. The minimum absolute atomic E-state index is 0.0547. The second-order valence-electron chi connectivity index (χ2n) is 6.48. The third kappa shape index (κ3) is 3.19. The van der Waals surface area contributed by atoms with E-state index >= 15 is 0 Å². The number of ketones is 1. The quantitative estimate of drug-likeness (QED) is 0.830. The van der Waals surface area contributed by atoms with Crippen LogP contribution in [0.2, 0.25) is 10.0 Å². The molecule has 1 atom stereocenters. The number of ether oxygens (including phenoxy) is 1. The normalized spacial score (nSPS) is 18.5. The first-order valence-corrected chi connectivity index (χ1v) is 9.14. The monoisotopic (exact) mass is 391 g/mol. The van der Waals surface area contributed by atoms with E-state index in [4.69, 9.17) is 27.9 Å². The Hall–Kier alpha value is -2.04. The molecule has 0 fully saturated rings. The minimum atomic E-state index is -0.700. The van der Waals surface area contributed by atoms with Crippen molar-refractivity contribution in [2.45, 2.75) is 25.7 Å². The fourth-order valence-corrected chi connectivity index (χ4v) is 3.81. The SMILES string of the molecule is CCNC(=O)COc1cc2c(c(Cl)c1Cl)C(=O)C(C)(c1ccccc1)C2. The average molecular weight is 392 g/mol. The summed E-state index contributed by atoms with van der Waals surface area (Å²) >= 11 is 12.7. The van der Waals surface area contributed by atoms with Crippen LogP contribution in [-0.2, 0) is 16.6 Å². The van der Waals surface area contributed by atoms with Crippen molar-refractivity contribution in [1.82, 2.24) is 5.32 Å². The van der Waals surface area contributed by atoms with E-state index in [-0.39, 0.29) is 28.3 Å². The highest BCUT2D eigenvalue weighted by molar-refractivity contribution is 6.45. The number of hydrogen-bond donors (Lipinski definition) is 1. The van der Waals surface area contributed by atoms with Crippen LogP contribution in [0.15, 0.2) is 36.4 Å². The van der Waals surface area contributed by atoms with Gasteiger partial charge in [0.25, 0.3) is 5.91 Å². The van der Waals surface area contributed by atoms with Crippen LogP contribution in [0.3, 0.4) is 0 Å². The third-order valence-corrected chi connectivity index (χ3v) is 5.52. The summed E-state index contributed by atoms with van der Waals surface area (Å²) in [6, 6.07) is 11.3. The molecule has 0 bridgehead atoms. The number of benzene rings is 2. The molecule has 4 nitrogen and oxygen atoms in total. The Kier molecular flexibility index (Phi) is 5.26. The van der Waals surface area contributed by atoms with Gasteiger partial charge in [-0.2, -0.15) is 0 Å². The van der Waals surface area contributed by atoms with Gasteiger partial charge in [-0.25, -0.2) is 0 Å². The van der Waals surface area contributed by atoms with Gasteiger partial charge in [0.2, 0.25) is 0 Å². The van der Waals surface area contributed by atoms with Gasteiger partial charge in [0.1, 0.15) is 10.8 Å². The zero-order valence-electron chi connectivity index (χ0n) is 14.6. The summed E-state index contributed by atoms with van der Waals surface area (Å²) in [5, 5.41) is 2.98. The molecule has 1 N–H and O–H groups in total. The first-order chi connectivity index (χ1) is 12.4. The highest BCUT2D eigenvalue weighted by atomic mass is 35.5. The maximum Gasteiger partial charge on any atom is 0.257 e. The molecule has 2 aromatic carbocycles. The second kappa shape index (κ2) is 7.29. The molecule has 26 heavy (non-hydrogen) atoms. The molecule has 0 radical (unpaired) electrons. The molecule has 0 heterocycles. The Balaban J connectivity index is 1.95. The lowest BCUT2D eigenvalue weighted by molar-refractivity contribution is -0.122. The van der Waals surface area contributed by atoms with E-state index in [9.17, 15) is 9.59 Å². The van der Waals surface area contributed by atoms with Gasteiger partial charge in [-0.15, -0.1) is 0 Å². The van der Waals surface area contributed by atoms with Crippen LogP contribution in [0.5, 0.6) is 5.75 Å². The van der Waals surface area contributed by atoms with E-state index in [0.29, 0.717) is 24.3 Å². The molecule has 1 aliphatic carbocycles. The maximum atomic E-state index is 13.1. The molecule has 136 valence electrons. The summed E-state index contributed by atoms with van der Waals surface area (Å²) < 4.78 is 5.53. The third-order valence-electron chi connectivity index (χ3n) is 4.67. The van der Waals surface area contributed by atoms with E-state index in [1.54, 1.807) is 6.07 Å². The molecular weight excluding hydrogens is 373 g/mol. The van der Waals surface area contributed by atoms with Crippen LogP contribution in [0, 0.1) is 0 Å². The molecule has 3 rings (SSSR count). The van der Waals surface area contributed by atoms with Crippen LogP contribution >= 0.6 is 23.2 Å². The number of carbonyl (C=O) groups excluding carboxylic acids is 2. The Labute approximate surface area is 162 Å². The van der Waals surface area contributed by atoms with Crippen molar-refractivity contribution in [3.05, 3.63) is 63.1 Å². The Morgan fingerprint density at radius 1 is 1.23 bits per heavy atom. The predicted molar refractivity (Wildman–Crippen MR) is 102 cm³/mol. The number of fused-ring (bicyclic) bond motifs is 1. The zero-order chi connectivity index (χ0) is 18.9. The highest BCUT2D eigenvalue weighted by Gasteiger charge is 2.45. The van der Waals surface area contributed by atoms with Crippen LogP contribution < -0.4 is 10.1 Å². The Morgan fingerprint density at radius 2 is 1.92 bits per heavy atom. The molecule has 6 heteroatoms. The van der Waals surface area contributed by atoms with Crippen LogP contribution in [0.4, 0.5) is 0 Å². The first kappa shape index (κ1) is 18.7. The lowest BCUT2D eigenvalue weighted by atomic mass is 9.79. The Bertz CT molecular complexity index is 867. The molecule has 1 amide bonds. The summed E-state index contributed by atoms with van der Waals surface area (Å²) in [4.78, 5) is 24.7. The topological polar surface area (TPSA) is 55.4 Å². The smallest absolute Gasteiger partial charge is 0.257 e. The lowest BCUT2D eigenvalue weighted by Gasteiger charge is -2.22. The molecule has 0 saturated carbocycles. The molecule has 0 aliphatic heterocycles. The molecular formula is C20H19Cl2NO3. The fraction of sp³-hybridized carbons (Fsp3) is 0.300. The molecule has 2 aromatic rings. The fourth-order valence-electron chi connectivity index (χ4n) is 3.31. The number of amides is 1. The second-order valence-corrected chi connectivity index (χ2v) is 7.24. The molecule has 0 aromatic heterocycles. The van der Waals surface area contributed by atoms with Gasteiger partial charge in [0.05, 0.1) is 10.4 Å². The number of rotatable bonds is 5. The van der Waals surface area contributed by atoms with Crippen molar-refractivity contribution in [2.75, 3.05) is 13.2 Å². The van der Waals surface area contributed by atoms with Crippen LogP contribution in [-0.4, -0.2) is 24.8 Å². The number of halogens is 2. The number of likely N-dealkylation sites (N-methyl/N-ethyl adjacent to an activating group) is 1. The largest absolute Gasteiger partial charge is 0.482 e. The maximum absolute atomic E-state index is 13.1. The van der Waals surface area contributed by atoms with Crippen molar-refractivity contribution in [3.63, 3.8) is 0 Å². The van der Waals surface area contributed by atoms with Crippen LogP contribution in [0.1, 0.15) is 35.3 Å². The van der Waals surface area contributed by atoms with Gasteiger partial charge in [0.15, 0.2) is 12.4 Å². The van der Waals surface area contributed by atoms with E-state index in [1.807, 2.05) is 44.2 Å². The van der Waals surface area contributed by atoms with Gasteiger partial charge in [-0.1, -0.05) is 53.5 Å². The summed E-state index contributed by atoms with van der Waals surface area (Å²) in [5.74, 6) is 0.0121. The van der Waals surface area contributed by atoms with Gasteiger partial charge in [-0.05, 0) is 37.5 Å². The van der Waals surface area contributed by atoms with Crippen molar-refractivity contribution >= 4 is 34.9 Å². The van der Waals surface area contributed by atoms with Crippen molar-refractivity contribution < 1.29 is 14.3 Å². The minimum Gasteiger partial charge on any atom is -0.482 e. The highest BCUT2D eigenvalue weighted by Crippen LogP contribution is 2.47. The van der Waals surface area contributed by atoms with Gasteiger partial charge >= 0.3 is 0 Å². The molecule has 0 saturated heterocycles. The van der Waals surface area contributed by atoms with Gasteiger partial charge in [0, 0.05) is 12.1 Å². The standard InChI is InChI=1S/C20H19Cl2NO3/c1-3-23-15(24)11-26-14-9-12-10-20(2,13-7-5-4-6-8-13)19(25)16(12)18(22)17(14)21/h4-9H,3,10-11H2,1-2H3,(H,23,24). The van der Waals surface area contributed by atoms with E-state index < -0.39 is 5.41 Å².